The quantitative estimate of drug-likeness (QED) is 0.297. The Kier molecular flexibility index (Phi) is 7.85. The van der Waals surface area contributed by atoms with E-state index in [0.717, 1.165) is 0 Å². The third kappa shape index (κ3) is 194. The van der Waals surface area contributed by atoms with Crippen molar-refractivity contribution in [1.29, 1.82) is 0 Å². The maximum atomic E-state index is 9.09. The highest BCUT2D eigenvalue weighted by Gasteiger charge is 1.63. The van der Waals surface area contributed by atoms with Crippen LogP contribution in [-0.4, -0.2) is 22.6 Å². The summed E-state index contributed by atoms with van der Waals surface area (Å²) < 4.78 is 0. The van der Waals surface area contributed by atoms with Crippen LogP contribution in [0.4, 0.5) is 4.79 Å². The fraction of sp³-hybridized carbons (Fsp3) is 0. The summed E-state index contributed by atoms with van der Waals surface area (Å²) in [5.74, 6) is 0. The molecule has 0 aliphatic heterocycles. The summed E-state index contributed by atoms with van der Waals surface area (Å²) in [6.07, 6.45) is 0. The monoisotopic (exact) mass is 107 g/mol. The SMILES string of the molecule is NC(=O)S.[AlH3]. The fourth-order valence-electron chi connectivity index (χ4n) is 0. The third-order valence-corrected chi connectivity index (χ3v) is 0. The molecule has 0 radical (unpaired) electrons. The van der Waals surface area contributed by atoms with Crippen LogP contribution in [-0.2, 0) is 0 Å². The minimum Gasteiger partial charge on any atom is -0.361 e. The van der Waals surface area contributed by atoms with Crippen molar-refractivity contribution in [2.45, 2.75) is 0 Å². The van der Waals surface area contributed by atoms with Crippen LogP contribution >= 0.6 is 12.6 Å². The Morgan fingerprint density at radius 3 is 1.80 bits per heavy atom. The molecule has 0 saturated carbocycles. The van der Waals surface area contributed by atoms with Crippen LogP contribution in [0.3, 0.4) is 0 Å². The highest BCUT2D eigenvalue weighted by Crippen LogP contribution is 1.60. The van der Waals surface area contributed by atoms with Crippen molar-refractivity contribution in [3.05, 3.63) is 0 Å². The molecule has 5 heavy (non-hydrogen) atoms. The zero-order chi connectivity index (χ0) is 3.58. The van der Waals surface area contributed by atoms with Gasteiger partial charge >= 0.3 is 0 Å². The number of carbonyl (C=O) groups is 1. The lowest BCUT2D eigenvalue weighted by molar-refractivity contribution is 0.267. The lowest BCUT2D eigenvalue weighted by Gasteiger charge is -1.58. The van der Waals surface area contributed by atoms with Crippen LogP contribution < -0.4 is 5.73 Å². The summed E-state index contributed by atoms with van der Waals surface area (Å²) >= 11 is 3.10. The molecule has 1 amide bonds. The number of hydrogen-bond donors (Lipinski definition) is 2. The van der Waals surface area contributed by atoms with Crippen LogP contribution in [0.15, 0.2) is 0 Å². The second-order valence-corrected chi connectivity index (χ2v) is 0.779. The number of primary amides is 1. The van der Waals surface area contributed by atoms with E-state index in [2.05, 4.69) is 18.4 Å². The Balaban J connectivity index is 0. The number of amides is 1. The Morgan fingerprint density at radius 1 is 1.80 bits per heavy atom. The van der Waals surface area contributed by atoms with Crippen molar-refractivity contribution in [3.8, 4) is 0 Å². The molecule has 0 aliphatic rings. The smallest absolute Gasteiger partial charge is 0.273 e. The molecule has 0 bridgehead atoms. The van der Waals surface area contributed by atoms with Gasteiger partial charge < -0.3 is 5.73 Å². The van der Waals surface area contributed by atoms with E-state index in [1.807, 2.05) is 0 Å². The highest BCUT2D eigenvalue weighted by molar-refractivity contribution is 7.96. The molecule has 0 fully saturated rings. The first-order valence-electron chi connectivity index (χ1n) is 0.716. The zero-order valence-corrected chi connectivity index (χ0v) is 2.83. The molecular formula is CH6AlNOS. The van der Waals surface area contributed by atoms with E-state index in [-0.39, 0.29) is 17.4 Å². The van der Waals surface area contributed by atoms with E-state index in [0.29, 0.717) is 0 Å². The van der Waals surface area contributed by atoms with Gasteiger partial charge in [0.05, 0.1) is 0 Å². The number of rotatable bonds is 0. The van der Waals surface area contributed by atoms with E-state index in [9.17, 15) is 0 Å². The maximum absolute atomic E-state index is 9.09. The molecule has 0 atom stereocenters. The van der Waals surface area contributed by atoms with Gasteiger partial charge in [-0.15, -0.1) is 0 Å². The molecular weight excluding hydrogens is 101 g/mol. The van der Waals surface area contributed by atoms with Gasteiger partial charge in [0.15, 0.2) is 17.4 Å². The minimum absolute atomic E-state index is 0. The normalized spacial score (nSPS) is 5.00. The summed E-state index contributed by atoms with van der Waals surface area (Å²) in [6.45, 7) is 0. The van der Waals surface area contributed by atoms with Gasteiger partial charge in [0.1, 0.15) is 0 Å². The van der Waals surface area contributed by atoms with Crippen molar-refractivity contribution in [2.24, 2.45) is 5.73 Å². The van der Waals surface area contributed by atoms with E-state index < -0.39 is 5.24 Å². The Hall–Kier alpha value is 0.352. The number of thiol groups is 1. The number of hydrogen-bond acceptors (Lipinski definition) is 1. The summed E-state index contributed by atoms with van der Waals surface area (Å²) in [5, 5.41) is -0.639. The number of carbonyl (C=O) groups excluding carboxylic acids is 1. The average Bonchev–Trinajstić information content (AvgIpc) is 0.811. The molecule has 0 rings (SSSR count). The second-order valence-electron chi connectivity index (χ2n) is 0.338. The van der Waals surface area contributed by atoms with Crippen LogP contribution in [0.25, 0.3) is 0 Å². The molecule has 2 N–H and O–H groups in total. The summed E-state index contributed by atoms with van der Waals surface area (Å²) in [4.78, 5) is 9.09. The molecule has 30 valence electrons. The van der Waals surface area contributed by atoms with Gasteiger partial charge in [0, 0.05) is 0 Å². The van der Waals surface area contributed by atoms with Gasteiger partial charge in [-0.25, -0.2) is 0 Å². The lowest BCUT2D eigenvalue weighted by Crippen LogP contribution is -1.95. The largest absolute Gasteiger partial charge is 0.361 e. The van der Waals surface area contributed by atoms with Gasteiger partial charge in [0.2, 0.25) is 0 Å². The van der Waals surface area contributed by atoms with Gasteiger partial charge in [-0.1, -0.05) is 12.6 Å². The third-order valence-electron chi connectivity index (χ3n) is 0. The second kappa shape index (κ2) is 4.35. The maximum Gasteiger partial charge on any atom is 0.273 e. The molecule has 4 heteroatoms. The number of nitrogens with two attached hydrogens (primary N) is 1. The van der Waals surface area contributed by atoms with Crippen molar-refractivity contribution >= 4 is 35.2 Å². The molecule has 0 aromatic heterocycles. The van der Waals surface area contributed by atoms with Gasteiger partial charge in [-0.05, 0) is 0 Å². The molecule has 0 aromatic carbocycles. The van der Waals surface area contributed by atoms with Crippen molar-refractivity contribution in [3.63, 3.8) is 0 Å². The molecule has 0 saturated heterocycles. The first kappa shape index (κ1) is 9.02. The standard InChI is InChI=1S/CH3NOS.Al.3H/c2-1(3)4;;;;/h(H3,2,3,4);;;;. The van der Waals surface area contributed by atoms with Gasteiger partial charge in [-0.3, -0.25) is 4.79 Å². The van der Waals surface area contributed by atoms with E-state index in [1.165, 1.54) is 0 Å². The molecule has 0 heterocycles. The van der Waals surface area contributed by atoms with Crippen LogP contribution in [0.2, 0.25) is 0 Å². The van der Waals surface area contributed by atoms with E-state index >= 15 is 0 Å². The van der Waals surface area contributed by atoms with E-state index in [1.54, 1.807) is 0 Å². The summed E-state index contributed by atoms with van der Waals surface area (Å²) in [6, 6.07) is 0. The van der Waals surface area contributed by atoms with Crippen molar-refractivity contribution in [1.82, 2.24) is 0 Å². The Labute approximate surface area is 46.3 Å². The minimum atomic E-state index is -0.639. The highest BCUT2D eigenvalue weighted by atomic mass is 32.1. The van der Waals surface area contributed by atoms with Crippen LogP contribution in [0.1, 0.15) is 0 Å². The van der Waals surface area contributed by atoms with E-state index in [4.69, 9.17) is 4.79 Å². The van der Waals surface area contributed by atoms with Crippen molar-refractivity contribution < 1.29 is 4.79 Å². The topological polar surface area (TPSA) is 43.1 Å². The first-order valence-corrected chi connectivity index (χ1v) is 1.16. The van der Waals surface area contributed by atoms with Crippen LogP contribution in [0, 0.1) is 0 Å². The molecule has 0 aliphatic carbocycles. The van der Waals surface area contributed by atoms with Crippen molar-refractivity contribution in [2.75, 3.05) is 0 Å². The Morgan fingerprint density at radius 2 is 1.80 bits per heavy atom. The molecule has 0 unspecified atom stereocenters. The average molecular weight is 107 g/mol. The lowest BCUT2D eigenvalue weighted by atomic mass is 11.5. The van der Waals surface area contributed by atoms with Crippen LogP contribution in [0.5, 0.6) is 0 Å². The van der Waals surface area contributed by atoms with Gasteiger partial charge in [0.25, 0.3) is 5.24 Å². The molecule has 0 spiro atoms. The summed E-state index contributed by atoms with van der Waals surface area (Å²) in [5.41, 5.74) is 4.34. The zero-order valence-electron chi connectivity index (χ0n) is 1.93. The fourth-order valence-corrected chi connectivity index (χ4v) is 0. The molecule has 0 aromatic rings. The first-order chi connectivity index (χ1) is 1.73. The van der Waals surface area contributed by atoms with Gasteiger partial charge in [-0.2, -0.15) is 0 Å². The predicted molar refractivity (Wildman–Crippen MR) is 28.5 cm³/mol. The predicted octanol–water partition coefficient (Wildman–Crippen LogP) is -1.19. The molecule has 2 nitrogen and oxygen atoms in total. The summed E-state index contributed by atoms with van der Waals surface area (Å²) in [7, 11) is 0. The Bertz CT molecular complexity index is 34.6.